The molecule has 34 heavy (non-hydrogen) atoms. The van der Waals surface area contributed by atoms with Crippen LogP contribution in [-0.2, 0) is 24.2 Å². The van der Waals surface area contributed by atoms with Gasteiger partial charge >= 0.3 is 0 Å². The number of nitrogens with zero attached hydrogens (tertiary/aromatic N) is 2. The number of carbonyl (C=O) groups is 1. The first kappa shape index (κ1) is 24.5. The molecule has 0 fully saturated rings. The van der Waals surface area contributed by atoms with Crippen molar-refractivity contribution >= 4 is 50.8 Å². The van der Waals surface area contributed by atoms with E-state index in [9.17, 15) is 9.59 Å². The van der Waals surface area contributed by atoms with Crippen LogP contribution < -0.4 is 10.9 Å². The lowest BCUT2D eigenvalue weighted by Gasteiger charge is -2.15. The summed E-state index contributed by atoms with van der Waals surface area (Å²) in [6, 6.07) is 19.8. The van der Waals surface area contributed by atoms with E-state index in [0.29, 0.717) is 33.4 Å². The molecule has 176 valence electrons. The SMILES string of the molecule is C[C@@H](CCc1ccccc1)NC(=O)CSc1nc2ccsc2c(=O)n1CCc1ccc(Cl)cc1. The molecule has 2 heterocycles. The van der Waals surface area contributed by atoms with Crippen molar-refractivity contribution in [1.29, 1.82) is 0 Å². The van der Waals surface area contributed by atoms with Crippen LogP contribution in [0.25, 0.3) is 10.2 Å². The molecule has 0 spiro atoms. The standard InChI is InChI=1S/C26H26ClN3O2S2/c1-18(7-8-19-5-3-2-4-6-19)28-23(31)17-34-26-29-22-14-16-33-24(22)25(32)30(26)15-13-20-9-11-21(27)12-10-20/h2-6,9-12,14,16,18H,7-8,13,15,17H2,1H3,(H,28,31)/t18-/m0/s1. The molecule has 0 saturated heterocycles. The first-order valence-corrected chi connectivity index (χ1v) is 13.4. The maximum Gasteiger partial charge on any atom is 0.272 e. The Labute approximate surface area is 212 Å². The lowest BCUT2D eigenvalue weighted by molar-refractivity contribution is -0.119. The maximum atomic E-state index is 13.1. The topological polar surface area (TPSA) is 64.0 Å². The molecule has 0 bridgehead atoms. The van der Waals surface area contributed by atoms with E-state index >= 15 is 0 Å². The Kier molecular flexibility index (Phi) is 8.43. The minimum Gasteiger partial charge on any atom is -0.353 e. The van der Waals surface area contributed by atoms with E-state index in [1.54, 1.807) is 4.57 Å². The van der Waals surface area contributed by atoms with Crippen LogP contribution in [0.3, 0.4) is 0 Å². The number of aryl methyl sites for hydroxylation is 2. The highest BCUT2D eigenvalue weighted by Crippen LogP contribution is 2.21. The first-order chi connectivity index (χ1) is 16.5. The van der Waals surface area contributed by atoms with Crippen LogP contribution in [-0.4, -0.2) is 27.3 Å². The Morgan fingerprint density at radius 1 is 1.09 bits per heavy atom. The normalized spacial score (nSPS) is 12.1. The Bertz CT molecular complexity index is 1300. The van der Waals surface area contributed by atoms with Gasteiger partial charge in [-0.3, -0.25) is 14.2 Å². The zero-order valence-corrected chi connectivity index (χ0v) is 21.3. The van der Waals surface area contributed by atoms with Crippen LogP contribution in [0.2, 0.25) is 5.02 Å². The summed E-state index contributed by atoms with van der Waals surface area (Å²) in [5.74, 6) is 0.146. The van der Waals surface area contributed by atoms with Crippen molar-refractivity contribution in [3.05, 3.63) is 92.5 Å². The van der Waals surface area contributed by atoms with Gasteiger partial charge in [0.05, 0.1) is 11.3 Å². The van der Waals surface area contributed by atoms with Crippen molar-refractivity contribution in [3.8, 4) is 0 Å². The number of rotatable bonds is 10. The summed E-state index contributed by atoms with van der Waals surface area (Å²) in [5, 5.41) is 6.19. The van der Waals surface area contributed by atoms with Crippen LogP contribution in [0.5, 0.6) is 0 Å². The van der Waals surface area contributed by atoms with Crippen molar-refractivity contribution in [2.45, 2.75) is 43.9 Å². The zero-order chi connectivity index (χ0) is 23.9. The number of thioether (sulfide) groups is 1. The number of halogens is 1. The highest BCUT2D eigenvalue weighted by Gasteiger charge is 2.15. The number of aromatic nitrogens is 2. The monoisotopic (exact) mass is 511 g/mol. The Balaban J connectivity index is 1.40. The molecule has 2 aromatic heterocycles. The van der Waals surface area contributed by atoms with Crippen molar-refractivity contribution in [2.75, 3.05) is 5.75 Å². The second-order valence-corrected chi connectivity index (χ2v) is 10.4. The van der Waals surface area contributed by atoms with Gasteiger partial charge in [-0.15, -0.1) is 11.3 Å². The fourth-order valence-corrected chi connectivity index (χ4v) is 5.41. The highest BCUT2D eigenvalue weighted by atomic mass is 35.5. The van der Waals surface area contributed by atoms with Gasteiger partial charge in [-0.1, -0.05) is 65.8 Å². The quantitative estimate of drug-likeness (QED) is 0.223. The first-order valence-electron chi connectivity index (χ1n) is 11.2. The number of nitrogens with one attached hydrogen (secondary N) is 1. The second kappa shape index (κ2) is 11.7. The minimum absolute atomic E-state index is 0.0607. The number of benzene rings is 2. The average Bonchev–Trinajstić information content (AvgIpc) is 3.32. The Morgan fingerprint density at radius 3 is 2.59 bits per heavy atom. The van der Waals surface area contributed by atoms with Gasteiger partial charge in [-0.05, 0) is 60.9 Å². The number of amides is 1. The molecule has 8 heteroatoms. The summed E-state index contributed by atoms with van der Waals surface area (Å²) in [4.78, 5) is 30.4. The zero-order valence-electron chi connectivity index (χ0n) is 18.9. The number of fused-ring (bicyclic) bond motifs is 1. The largest absolute Gasteiger partial charge is 0.353 e. The van der Waals surface area contributed by atoms with E-state index in [2.05, 4.69) is 22.4 Å². The smallest absolute Gasteiger partial charge is 0.272 e. The lowest BCUT2D eigenvalue weighted by Crippen LogP contribution is -2.34. The molecule has 2 aromatic carbocycles. The summed E-state index contributed by atoms with van der Waals surface area (Å²) in [6.45, 7) is 2.50. The fraction of sp³-hybridized carbons (Fsp3) is 0.269. The molecule has 1 N–H and O–H groups in total. The summed E-state index contributed by atoms with van der Waals surface area (Å²) in [5.41, 5.74) is 2.96. The van der Waals surface area contributed by atoms with E-state index in [0.717, 1.165) is 18.4 Å². The van der Waals surface area contributed by atoms with Crippen LogP contribution in [0.1, 0.15) is 24.5 Å². The molecule has 0 radical (unpaired) electrons. The summed E-state index contributed by atoms with van der Waals surface area (Å²) < 4.78 is 2.32. The van der Waals surface area contributed by atoms with Crippen molar-refractivity contribution < 1.29 is 4.79 Å². The molecule has 4 rings (SSSR count). The maximum absolute atomic E-state index is 13.1. The van der Waals surface area contributed by atoms with Gasteiger partial charge in [0.25, 0.3) is 5.56 Å². The molecule has 0 aliphatic heterocycles. The fourth-order valence-electron chi connectivity index (χ4n) is 3.67. The molecule has 0 aliphatic rings. The molecule has 1 amide bonds. The highest BCUT2D eigenvalue weighted by molar-refractivity contribution is 7.99. The predicted octanol–water partition coefficient (Wildman–Crippen LogP) is 5.58. The van der Waals surface area contributed by atoms with E-state index in [1.165, 1.54) is 28.7 Å². The van der Waals surface area contributed by atoms with Crippen LogP contribution in [0, 0.1) is 0 Å². The summed E-state index contributed by atoms with van der Waals surface area (Å²) >= 11 is 8.68. The second-order valence-electron chi connectivity index (χ2n) is 8.14. The van der Waals surface area contributed by atoms with Gasteiger partial charge in [0.1, 0.15) is 4.70 Å². The van der Waals surface area contributed by atoms with Crippen molar-refractivity contribution in [2.24, 2.45) is 0 Å². The number of hydrogen-bond acceptors (Lipinski definition) is 5. The number of hydrogen-bond donors (Lipinski definition) is 1. The van der Waals surface area contributed by atoms with E-state index in [1.807, 2.05) is 60.8 Å². The Morgan fingerprint density at radius 2 is 1.82 bits per heavy atom. The molecule has 0 saturated carbocycles. The molecule has 0 unspecified atom stereocenters. The van der Waals surface area contributed by atoms with Gasteiger partial charge in [0.2, 0.25) is 5.91 Å². The van der Waals surface area contributed by atoms with Crippen molar-refractivity contribution in [3.63, 3.8) is 0 Å². The lowest BCUT2D eigenvalue weighted by atomic mass is 10.1. The van der Waals surface area contributed by atoms with Gasteiger partial charge in [-0.2, -0.15) is 0 Å². The number of thiophene rings is 1. The number of carbonyl (C=O) groups excluding carboxylic acids is 1. The third-order valence-electron chi connectivity index (χ3n) is 5.52. The van der Waals surface area contributed by atoms with E-state index in [4.69, 9.17) is 11.6 Å². The van der Waals surface area contributed by atoms with E-state index in [-0.39, 0.29) is 23.3 Å². The average molecular weight is 512 g/mol. The van der Waals surface area contributed by atoms with Gasteiger partial charge in [-0.25, -0.2) is 4.98 Å². The summed E-state index contributed by atoms with van der Waals surface area (Å²) in [7, 11) is 0. The van der Waals surface area contributed by atoms with Crippen LogP contribution >= 0.6 is 34.7 Å². The molecule has 4 aromatic rings. The van der Waals surface area contributed by atoms with E-state index < -0.39 is 0 Å². The third-order valence-corrected chi connectivity index (χ3v) is 7.64. The Hall–Kier alpha value is -2.61. The molecular weight excluding hydrogens is 486 g/mol. The minimum atomic E-state index is -0.0619. The summed E-state index contributed by atoms with van der Waals surface area (Å²) in [6.07, 6.45) is 2.45. The molecule has 1 atom stereocenters. The molecule has 5 nitrogen and oxygen atoms in total. The van der Waals surface area contributed by atoms with Gasteiger partial charge in [0.15, 0.2) is 5.16 Å². The van der Waals surface area contributed by atoms with Crippen molar-refractivity contribution in [1.82, 2.24) is 14.9 Å². The molecular formula is C26H26ClN3O2S2. The van der Waals surface area contributed by atoms with Gasteiger partial charge in [0, 0.05) is 17.6 Å². The predicted molar refractivity (Wildman–Crippen MR) is 142 cm³/mol. The van der Waals surface area contributed by atoms with Crippen LogP contribution in [0.15, 0.2) is 76.0 Å². The van der Waals surface area contributed by atoms with Gasteiger partial charge < -0.3 is 5.32 Å². The van der Waals surface area contributed by atoms with Crippen LogP contribution in [0.4, 0.5) is 0 Å². The third kappa shape index (κ3) is 6.50. The molecule has 0 aliphatic carbocycles.